The zero-order valence-electron chi connectivity index (χ0n) is 13.1. The van der Waals surface area contributed by atoms with E-state index in [1.807, 2.05) is 24.3 Å². The van der Waals surface area contributed by atoms with Crippen molar-refractivity contribution in [2.45, 2.75) is 19.3 Å². The molecule has 4 nitrogen and oxygen atoms in total. The number of rotatable bonds is 7. The average Bonchev–Trinajstić information content (AvgIpc) is 2.58. The molecule has 0 unspecified atom stereocenters. The van der Waals surface area contributed by atoms with Gasteiger partial charge in [0.15, 0.2) is 0 Å². The van der Waals surface area contributed by atoms with Gasteiger partial charge in [0.05, 0.1) is 11.6 Å². The first-order valence-electron chi connectivity index (χ1n) is 7.42. The van der Waals surface area contributed by atoms with Crippen LogP contribution in [0.4, 0.5) is 10.1 Å². The summed E-state index contributed by atoms with van der Waals surface area (Å²) in [7, 11) is 1.60. The molecule has 6 heteroatoms. The Hall–Kier alpha value is -2.21. The summed E-state index contributed by atoms with van der Waals surface area (Å²) in [6.45, 7) is 0. The van der Waals surface area contributed by atoms with Gasteiger partial charge in [0, 0.05) is 12.1 Å². The van der Waals surface area contributed by atoms with Crippen LogP contribution in [0.5, 0.6) is 5.75 Å². The third kappa shape index (κ3) is 5.16. The smallest absolute Gasteiger partial charge is 0.291 e. The molecule has 0 aliphatic heterocycles. The molecule has 0 bridgehead atoms. The van der Waals surface area contributed by atoms with Crippen LogP contribution in [0, 0.1) is 5.82 Å². The lowest BCUT2D eigenvalue weighted by Gasteiger charge is -2.06. The van der Waals surface area contributed by atoms with E-state index >= 15 is 0 Å². The first kappa shape index (κ1) is 18.1. The molecule has 2 aromatic carbocycles. The Morgan fingerprint density at radius 1 is 1.17 bits per heavy atom. The highest BCUT2D eigenvalue weighted by Crippen LogP contribution is 2.20. The fourth-order valence-electron chi connectivity index (χ4n) is 2.13. The molecule has 0 atom stereocenters. The summed E-state index contributed by atoms with van der Waals surface area (Å²) in [5, 5.41) is 2.47. The van der Waals surface area contributed by atoms with Crippen molar-refractivity contribution in [2.75, 3.05) is 12.4 Å². The van der Waals surface area contributed by atoms with Crippen molar-refractivity contribution in [1.82, 2.24) is 0 Å². The molecule has 1 N–H and O–H groups in total. The number of hydrogen-bond donors (Lipinski definition) is 1. The van der Waals surface area contributed by atoms with Crippen LogP contribution in [0.3, 0.4) is 0 Å². The number of anilines is 1. The zero-order valence-corrected chi connectivity index (χ0v) is 14.7. The number of halogens is 2. The second kappa shape index (κ2) is 8.59. The first-order valence-corrected chi connectivity index (χ1v) is 8.21. The number of Topliss-reactive ketones (excluding diaryl/α,β-unsaturated/α-hetero) is 1. The van der Waals surface area contributed by atoms with E-state index in [1.54, 1.807) is 7.11 Å². The SMILES string of the molecule is COc1ccc(CCCC(=O)C(=O)Nc2ccc(F)c(Br)c2)cc1. The predicted molar refractivity (Wildman–Crippen MR) is 93.7 cm³/mol. The van der Waals surface area contributed by atoms with Crippen LogP contribution in [0.2, 0.25) is 0 Å². The van der Waals surface area contributed by atoms with Crippen LogP contribution < -0.4 is 10.1 Å². The Bertz CT molecular complexity index is 732. The molecule has 0 saturated carbocycles. The second-order valence-electron chi connectivity index (χ2n) is 5.21. The molecule has 1 amide bonds. The Kier molecular flexibility index (Phi) is 6.49. The van der Waals surface area contributed by atoms with Gasteiger partial charge in [0.2, 0.25) is 5.78 Å². The summed E-state index contributed by atoms with van der Waals surface area (Å²) in [5.41, 5.74) is 1.45. The van der Waals surface area contributed by atoms with Crippen molar-refractivity contribution in [3.63, 3.8) is 0 Å². The molecule has 2 rings (SSSR count). The fraction of sp³-hybridized carbons (Fsp3) is 0.222. The normalized spacial score (nSPS) is 10.3. The summed E-state index contributed by atoms with van der Waals surface area (Å²) in [5.74, 6) is -0.842. The number of aryl methyl sites for hydroxylation is 1. The topological polar surface area (TPSA) is 55.4 Å². The Morgan fingerprint density at radius 3 is 2.50 bits per heavy atom. The van der Waals surface area contributed by atoms with Gasteiger partial charge in [-0.15, -0.1) is 0 Å². The summed E-state index contributed by atoms with van der Waals surface area (Å²) in [4.78, 5) is 23.7. The van der Waals surface area contributed by atoms with E-state index < -0.39 is 17.5 Å². The first-order chi connectivity index (χ1) is 11.5. The molecule has 2 aromatic rings. The van der Waals surface area contributed by atoms with E-state index in [1.165, 1.54) is 18.2 Å². The number of ether oxygens (including phenoxy) is 1. The molecular weight excluding hydrogens is 377 g/mol. The zero-order chi connectivity index (χ0) is 17.5. The Labute approximate surface area is 148 Å². The minimum atomic E-state index is -0.691. The maximum absolute atomic E-state index is 13.1. The monoisotopic (exact) mass is 393 g/mol. The maximum atomic E-state index is 13.1. The second-order valence-corrected chi connectivity index (χ2v) is 6.06. The third-order valence-electron chi connectivity index (χ3n) is 3.46. The highest BCUT2D eigenvalue weighted by atomic mass is 79.9. The van der Waals surface area contributed by atoms with Crippen molar-refractivity contribution in [1.29, 1.82) is 0 Å². The Morgan fingerprint density at radius 2 is 1.88 bits per heavy atom. The van der Waals surface area contributed by atoms with Crippen molar-refractivity contribution in [3.8, 4) is 5.75 Å². The fourth-order valence-corrected chi connectivity index (χ4v) is 2.51. The van der Waals surface area contributed by atoms with E-state index in [-0.39, 0.29) is 10.9 Å². The Balaban J connectivity index is 1.80. The van der Waals surface area contributed by atoms with Crippen LogP contribution in [-0.4, -0.2) is 18.8 Å². The standard InChI is InChI=1S/C18H17BrFNO3/c1-24-14-8-5-12(6-9-14)3-2-4-17(22)18(23)21-13-7-10-16(20)15(19)11-13/h5-11H,2-4H2,1H3,(H,21,23). The van der Waals surface area contributed by atoms with E-state index in [9.17, 15) is 14.0 Å². The average molecular weight is 394 g/mol. The molecule has 0 spiro atoms. The summed E-state index contributed by atoms with van der Waals surface area (Å²) in [6.07, 6.45) is 1.43. The van der Waals surface area contributed by atoms with Gasteiger partial charge in [-0.1, -0.05) is 12.1 Å². The van der Waals surface area contributed by atoms with Gasteiger partial charge >= 0.3 is 0 Å². The van der Waals surface area contributed by atoms with E-state index in [0.29, 0.717) is 18.5 Å². The number of carbonyl (C=O) groups excluding carboxylic acids is 2. The molecule has 24 heavy (non-hydrogen) atoms. The maximum Gasteiger partial charge on any atom is 0.291 e. The minimum Gasteiger partial charge on any atom is -0.497 e. The van der Waals surface area contributed by atoms with Gasteiger partial charge in [-0.25, -0.2) is 4.39 Å². The summed E-state index contributed by atoms with van der Waals surface area (Å²) < 4.78 is 18.4. The van der Waals surface area contributed by atoms with Crippen LogP contribution in [-0.2, 0) is 16.0 Å². The number of nitrogens with one attached hydrogen (secondary N) is 1. The van der Waals surface area contributed by atoms with E-state index in [0.717, 1.165) is 11.3 Å². The summed E-state index contributed by atoms with van der Waals surface area (Å²) in [6, 6.07) is 11.6. The quantitative estimate of drug-likeness (QED) is 0.719. The predicted octanol–water partition coefficient (Wildman–Crippen LogP) is 4.13. The number of hydrogen-bond acceptors (Lipinski definition) is 3. The van der Waals surface area contributed by atoms with Crippen molar-refractivity contribution < 1.29 is 18.7 Å². The van der Waals surface area contributed by atoms with Gasteiger partial charge in [0.25, 0.3) is 5.91 Å². The van der Waals surface area contributed by atoms with Crippen LogP contribution >= 0.6 is 15.9 Å². The molecule has 0 heterocycles. The van der Waals surface area contributed by atoms with Gasteiger partial charge < -0.3 is 10.1 Å². The van der Waals surface area contributed by atoms with Crippen molar-refractivity contribution in [2.24, 2.45) is 0 Å². The third-order valence-corrected chi connectivity index (χ3v) is 4.07. The molecule has 0 aliphatic rings. The number of amides is 1. The number of ketones is 1. The molecular formula is C18H17BrFNO3. The van der Waals surface area contributed by atoms with Crippen LogP contribution in [0.25, 0.3) is 0 Å². The van der Waals surface area contributed by atoms with Gasteiger partial charge in [0.1, 0.15) is 11.6 Å². The van der Waals surface area contributed by atoms with Gasteiger partial charge in [-0.2, -0.15) is 0 Å². The van der Waals surface area contributed by atoms with Gasteiger partial charge in [-0.05, 0) is 64.7 Å². The molecule has 126 valence electrons. The van der Waals surface area contributed by atoms with Crippen LogP contribution in [0.15, 0.2) is 46.9 Å². The largest absolute Gasteiger partial charge is 0.497 e. The lowest BCUT2D eigenvalue weighted by molar-refractivity contribution is -0.134. The number of benzene rings is 2. The molecule has 0 radical (unpaired) electrons. The highest BCUT2D eigenvalue weighted by molar-refractivity contribution is 9.10. The lowest BCUT2D eigenvalue weighted by Crippen LogP contribution is -2.22. The van der Waals surface area contributed by atoms with Crippen molar-refractivity contribution in [3.05, 3.63) is 58.3 Å². The molecule has 0 fully saturated rings. The molecule has 0 aliphatic carbocycles. The van der Waals surface area contributed by atoms with Crippen LogP contribution in [0.1, 0.15) is 18.4 Å². The minimum absolute atomic E-state index is 0.153. The summed E-state index contributed by atoms with van der Waals surface area (Å²) >= 11 is 3.03. The lowest BCUT2D eigenvalue weighted by atomic mass is 10.1. The molecule has 0 saturated heterocycles. The number of carbonyl (C=O) groups is 2. The van der Waals surface area contributed by atoms with Crippen molar-refractivity contribution >= 4 is 33.3 Å². The van der Waals surface area contributed by atoms with E-state index in [2.05, 4.69) is 21.2 Å². The highest BCUT2D eigenvalue weighted by Gasteiger charge is 2.14. The van der Waals surface area contributed by atoms with E-state index in [4.69, 9.17) is 4.74 Å². The number of methoxy groups -OCH3 is 1. The molecule has 0 aromatic heterocycles. The van der Waals surface area contributed by atoms with Gasteiger partial charge in [-0.3, -0.25) is 9.59 Å².